The van der Waals surface area contributed by atoms with Gasteiger partial charge in [-0.05, 0) is 30.7 Å². The molecule has 0 saturated carbocycles. The summed E-state index contributed by atoms with van der Waals surface area (Å²) in [6.07, 6.45) is 0. The van der Waals surface area contributed by atoms with E-state index in [9.17, 15) is 0 Å². The highest BCUT2D eigenvalue weighted by molar-refractivity contribution is 5.57. The van der Waals surface area contributed by atoms with Gasteiger partial charge in [-0.2, -0.15) is 0 Å². The Morgan fingerprint density at radius 2 is 1.91 bits per heavy atom. The Labute approximate surface area is 64.4 Å². The topological polar surface area (TPSA) is 64.5 Å². The van der Waals surface area contributed by atoms with Crippen LogP contribution < -0.4 is 11.0 Å². The van der Waals surface area contributed by atoms with Crippen molar-refractivity contribution in [1.29, 1.82) is 0 Å². The van der Waals surface area contributed by atoms with E-state index in [4.69, 9.17) is 10.4 Å². The molecule has 60 valence electrons. The molecule has 0 aliphatic carbocycles. The van der Waals surface area contributed by atoms with Crippen molar-refractivity contribution in [2.45, 2.75) is 6.92 Å². The van der Waals surface area contributed by atoms with E-state index in [1.807, 2.05) is 17.9 Å². The first-order chi connectivity index (χ1) is 5.27. The van der Waals surface area contributed by atoms with Gasteiger partial charge in [0.15, 0.2) is 0 Å². The van der Waals surface area contributed by atoms with Crippen molar-refractivity contribution in [3.8, 4) is 0 Å². The Bertz CT molecular complexity index is 250. The van der Waals surface area contributed by atoms with Crippen LogP contribution in [0.5, 0.6) is 0 Å². The molecule has 0 bridgehead atoms. The molecule has 0 radical (unpaired) electrons. The lowest BCUT2D eigenvalue weighted by molar-refractivity contribution is 0.386. The summed E-state index contributed by atoms with van der Waals surface area (Å²) in [6.45, 7) is 1.82. The highest BCUT2D eigenvalue weighted by Gasteiger charge is 1.96. The van der Waals surface area contributed by atoms with E-state index in [2.05, 4.69) is 0 Å². The van der Waals surface area contributed by atoms with Crippen LogP contribution in [0.2, 0.25) is 0 Å². The molecule has 0 heterocycles. The van der Waals surface area contributed by atoms with Crippen LogP contribution in [0.25, 0.3) is 0 Å². The van der Waals surface area contributed by atoms with E-state index < -0.39 is 0 Å². The average Bonchev–Trinajstić information content (AvgIpc) is 2.04. The van der Waals surface area contributed by atoms with E-state index in [0.29, 0.717) is 11.4 Å². The molecule has 1 aromatic rings. The predicted molar refractivity (Wildman–Crippen MR) is 42.0 cm³/mol. The molecule has 0 spiro atoms. The number of hydrogen-bond donors (Lipinski definition) is 4. The molecule has 0 unspecified atom stereocenters. The van der Waals surface area contributed by atoms with E-state index in [-0.39, 0.29) is 0 Å². The molecule has 0 fully saturated rings. The molecule has 1 rings (SSSR count). The summed E-state index contributed by atoms with van der Waals surface area (Å²) < 4.78 is 0. The lowest BCUT2D eigenvalue weighted by Crippen LogP contribution is -1.94. The third kappa shape index (κ3) is 1.60. The highest BCUT2D eigenvalue weighted by atomic mass is 16.5. The van der Waals surface area contributed by atoms with E-state index in [0.717, 1.165) is 5.56 Å². The van der Waals surface area contributed by atoms with Crippen LogP contribution in [-0.4, -0.2) is 10.4 Å². The van der Waals surface area contributed by atoms with Gasteiger partial charge < -0.3 is 0 Å². The molecule has 1 aromatic carbocycles. The summed E-state index contributed by atoms with van der Waals surface area (Å²) >= 11 is 0. The van der Waals surface area contributed by atoms with Crippen molar-refractivity contribution in [1.82, 2.24) is 0 Å². The minimum Gasteiger partial charge on any atom is -0.291 e. The smallest absolute Gasteiger partial charge is 0.0632 e. The lowest BCUT2D eigenvalue weighted by atomic mass is 10.2. The fourth-order valence-corrected chi connectivity index (χ4v) is 0.859. The van der Waals surface area contributed by atoms with Crippen LogP contribution in [0.1, 0.15) is 5.56 Å². The van der Waals surface area contributed by atoms with E-state index in [1.54, 1.807) is 18.2 Å². The largest absolute Gasteiger partial charge is 0.291 e. The first-order valence-electron chi connectivity index (χ1n) is 3.19. The maximum atomic E-state index is 8.55. The third-order valence-corrected chi connectivity index (χ3v) is 1.48. The van der Waals surface area contributed by atoms with Crippen molar-refractivity contribution in [2.75, 3.05) is 11.0 Å². The van der Waals surface area contributed by atoms with Crippen LogP contribution in [-0.2, 0) is 0 Å². The van der Waals surface area contributed by atoms with Crippen LogP contribution in [0.3, 0.4) is 0 Å². The Hall–Kier alpha value is -1.26. The van der Waals surface area contributed by atoms with Gasteiger partial charge in [0.1, 0.15) is 0 Å². The Balaban J connectivity index is 2.99. The van der Waals surface area contributed by atoms with Gasteiger partial charge >= 0.3 is 0 Å². The normalized spacial score (nSPS) is 9.36. The molecule has 4 heteroatoms. The van der Waals surface area contributed by atoms with E-state index >= 15 is 0 Å². The van der Waals surface area contributed by atoms with Crippen LogP contribution >= 0.6 is 0 Å². The fourth-order valence-electron chi connectivity index (χ4n) is 0.859. The number of rotatable bonds is 2. The number of nitrogens with one attached hydrogen (secondary N) is 2. The van der Waals surface area contributed by atoms with Gasteiger partial charge in [-0.1, -0.05) is 0 Å². The molecule has 0 aliphatic heterocycles. The molecule has 11 heavy (non-hydrogen) atoms. The van der Waals surface area contributed by atoms with Crippen LogP contribution in [0.15, 0.2) is 18.2 Å². The second kappa shape index (κ2) is 3.23. The lowest BCUT2D eigenvalue weighted by Gasteiger charge is -2.05. The zero-order valence-corrected chi connectivity index (χ0v) is 6.13. The zero-order chi connectivity index (χ0) is 8.27. The zero-order valence-electron chi connectivity index (χ0n) is 6.13. The second-order valence-electron chi connectivity index (χ2n) is 2.25. The summed E-state index contributed by atoms with van der Waals surface area (Å²) in [4.78, 5) is 0. The van der Waals surface area contributed by atoms with Gasteiger partial charge in [-0.3, -0.25) is 21.4 Å². The number of anilines is 2. The summed E-state index contributed by atoms with van der Waals surface area (Å²) in [5, 5.41) is 17.0. The third-order valence-electron chi connectivity index (χ3n) is 1.48. The minimum atomic E-state index is 0.599. The van der Waals surface area contributed by atoms with Gasteiger partial charge in [0.2, 0.25) is 0 Å². The van der Waals surface area contributed by atoms with Gasteiger partial charge in [-0.15, -0.1) is 0 Å². The molecule has 4 N–H and O–H groups in total. The minimum absolute atomic E-state index is 0.599. The molecular formula is C7H10N2O2. The maximum absolute atomic E-state index is 8.55. The Morgan fingerprint density at radius 1 is 1.18 bits per heavy atom. The van der Waals surface area contributed by atoms with Crippen molar-refractivity contribution in [2.24, 2.45) is 0 Å². The molecule has 0 aromatic heterocycles. The molecule has 4 nitrogen and oxygen atoms in total. The Kier molecular flexibility index (Phi) is 2.30. The fraction of sp³-hybridized carbons (Fsp3) is 0.143. The van der Waals surface area contributed by atoms with Crippen molar-refractivity contribution < 1.29 is 10.4 Å². The standard InChI is InChI=1S/C7H10N2O2/c1-5-4-6(8-10)2-3-7(5)9-11/h2-4,8-11H,1H3. The molecule has 0 atom stereocenters. The van der Waals surface area contributed by atoms with Gasteiger partial charge in [-0.25, -0.2) is 0 Å². The maximum Gasteiger partial charge on any atom is 0.0632 e. The van der Waals surface area contributed by atoms with Gasteiger partial charge in [0, 0.05) is 0 Å². The SMILES string of the molecule is Cc1cc(NO)ccc1NO. The monoisotopic (exact) mass is 154 g/mol. The van der Waals surface area contributed by atoms with Crippen LogP contribution in [0.4, 0.5) is 11.4 Å². The molecule has 0 aliphatic rings. The molecule has 0 saturated heterocycles. The number of benzene rings is 1. The summed E-state index contributed by atoms with van der Waals surface area (Å²) in [5.74, 6) is 0. The first kappa shape index (κ1) is 7.84. The average molecular weight is 154 g/mol. The number of hydrogen-bond acceptors (Lipinski definition) is 4. The predicted octanol–water partition coefficient (Wildman–Crippen LogP) is 1.60. The second-order valence-corrected chi connectivity index (χ2v) is 2.25. The van der Waals surface area contributed by atoms with E-state index in [1.165, 1.54) is 0 Å². The molecular weight excluding hydrogens is 144 g/mol. The Morgan fingerprint density at radius 3 is 2.36 bits per heavy atom. The highest BCUT2D eigenvalue weighted by Crippen LogP contribution is 2.17. The van der Waals surface area contributed by atoms with Crippen LogP contribution in [0, 0.1) is 6.92 Å². The summed E-state index contributed by atoms with van der Waals surface area (Å²) in [5.41, 5.74) is 6.13. The quantitative estimate of drug-likeness (QED) is 0.488. The van der Waals surface area contributed by atoms with Gasteiger partial charge in [0.25, 0.3) is 0 Å². The van der Waals surface area contributed by atoms with Gasteiger partial charge in [0.05, 0.1) is 11.4 Å². The molecule has 0 amide bonds. The summed E-state index contributed by atoms with van der Waals surface area (Å²) in [6, 6.07) is 5.01. The first-order valence-corrected chi connectivity index (χ1v) is 3.19. The van der Waals surface area contributed by atoms with Crippen molar-refractivity contribution in [3.63, 3.8) is 0 Å². The van der Waals surface area contributed by atoms with Crippen molar-refractivity contribution in [3.05, 3.63) is 23.8 Å². The number of aryl methyl sites for hydroxylation is 1. The summed E-state index contributed by atoms with van der Waals surface area (Å²) in [7, 11) is 0. The van der Waals surface area contributed by atoms with Crippen molar-refractivity contribution >= 4 is 11.4 Å².